The molecule has 35 heavy (non-hydrogen) atoms. The average molecular weight is 477 g/mol. The molecular formula is C23H28N10O2. The lowest BCUT2D eigenvalue weighted by Crippen LogP contribution is -2.57. The van der Waals surface area contributed by atoms with Crippen molar-refractivity contribution < 1.29 is 9.53 Å². The fourth-order valence-corrected chi connectivity index (χ4v) is 4.37. The van der Waals surface area contributed by atoms with Crippen LogP contribution in [0.2, 0.25) is 0 Å². The lowest BCUT2D eigenvalue weighted by molar-refractivity contribution is -0.115. The Morgan fingerprint density at radius 2 is 2.06 bits per heavy atom. The zero-order valence-corrected chi connectivity index (χ0v) is 19.3. The topological polar surface area (TPSA) is 170 Å². The molecule has 1 aromatic carbocycles. The van der Waals surface area contributed by atoms with E-state index in [2.05, 4.69) is 36.4 Å². The number of rotatable bonds is 6. The largest absolute Gasteiger partial charge is 0.481 e. The highest BCUT2D eigenvalue weighted by Gasteiger charge is 2.25. The monoisotopic (exact) mass is 476 g/mol. The normalized spacial score (nSPS) is 20.0. The second kappa shape index (κ2) is 9.50. The number of anilines is 1. The summed E-state index contributed by atoms with van der Waals surface area (Å²) in [6.45, 7) is 0. The minimum Gasteiger partial charge on any atom is -0.481 e. The van der Waals surface area contributed by atoms with E-state index in [0.717, 1.165) is 42.3 Å². The smallest absolute Gasteiger partial charge is 0.270 e. The van der Waals surface area contributed by atoms with Crippen LogP contribution in [0.1, 0.15) is 25.7 Å². The van der Waals surface area contributed by atoms with Crippen molar-refractivity contribution >= 4 is 28.5 Å². The van der Waals surface area contributed by atoms with Crippen molar-refractivity contribution in [2.24, 2.45) is 16.5 Å². The third-order valence-corrected chi connectivity index (χ3v) is 6.18. The predicted molar refractivity (Wildman–Crippen MR) is 132 cm³/mol. The molecule has 12 nitrogen and oxygen atoms in total. The molecule has 2 aliphatic rings. The van der Waals surface area contributed by atoms with Crippen LogP contribution >= 0.6 is 0 Å². The summed E-state index contributed by atoms with van der Waals surface area (Å²) in [6, 6.07) is 9.49. The predicted octanol–water partition coefficient (Wildman–Crippen LogP) is 0.819. The second-order valence-corrected chi connectivity index (χ2v) is 8.45. The van der Waals surface area contributed by atoms with Gasteiger partial charge in [-0.05, 0) is 31.0 Å². The summed E-state index contributed by atoms with van der Waals surface area (Å²) >= 11 is 0. The molecule has 1 aliphatic carbocycles. The second-order valence-electron chi connectivity index (χ2n) is 8.45. The number of hydrogen-bond donors (Lipinski definition) is 6. The van der Waals surface area contributed by atoms with E-state index < -0.39 is 5.91 Å². The van der Waals surface area contributed by atoms with Gasteiger partial charge in [-0.15, -0.1) is 0 Å². The SMILES string of the molecule is COc1ccnc(-n2ccc3c(NC4=C(C(N)=O)NNC(N[C@@H]5CCCC[C@@H]5N)=N4)cccc32)n1. The van der Waals surface area contributed by atoms with E-state index in [1.165, 1.54) is 0 Å². The van der Waals surface area contributed by atoms with Gasteiger partial charge in [0.1, 0.15) is 0 Å². The molecule has 8 N–H and O–H groups in total. The quantitative estimate of drug-likeness (QED) is 0.301. The van der Waals surface area contributed by atoms with Gasteiger partial charge in [0.05, 0.1) is 12.6 Å². The van der Waals surface area contributed by atoms with E-state index in [-0.39, 0.29) is 17.8 Å². The van der Waals surface area contributed by atoms with Crippen molar-refractivity contribution in [3.05, 3.63) is 54.2 Å². The van der Waals surface area contributed by atoms with Crippen molar-refractivity contribution in [1.29, 1.82) is 0 Å². The third kappa shape index (κ3) is 4.55. The maximum absolute atomic E-state index is 12.1. The van der Waals surface area contributed by atoms with Gasteiger partial charge in [-0.25, -0.2) is 4.98 Å². The Labute approximate surface area is 201 Å². The van der Waals surface area contributed by atoms with Crippen LogP contribution in [0.3, 0.4) is 0 Å². The number of amides is 1. The number of ether oxygens (including phenoxy) is 1. The number of carbonyl (C=O) groups is 1. The summed E-state index contributed by atoms with van der Waals surface area (Å²) in [5, 5.41) is 7.49. The molecule has 0 bridgehead atoms. The molecule has 12 heteroatoms. The number of nitrogens with one attached hydrogen (secondary N) is 4. The van der Waals surface area contributed by atoms with Crippen LogP contribution in [-0.2, 0) is 4.79 Å². The van der Waals surface area contributed by atoms with Crippen LogP contribution in [0.25, 0.3) is 16.9 Å². The van der Waals surface area contributed by atoms with Crippen LogP contribution in [0, 0.1) is 0 Å². The summed E-state index contributed by atoms with van der Waals surface area (Å²) in [4.78, 5) is 25.5. The zero-order chi connectivity index (χ0) is 24.4. The average Bonchev–Trinajstić information content (AvgIpc) is 3.31. The van der Waals surface area contributed by atoms with E-state index in [4.69, 9.17) is 16.2 Å². The highest BCUT2D eigenvalue weighted by molar-refractivity contribution is 5.98. The summed E-state index contributed by atoms with van der Waals surface area (Å²) in [7, 11) is 1.56. The molecule has 1 saturated carbocycles. The standard InChI is InChI=1S/C23H28N10O2/c1-35-18-9-11-26-23(29-18)33-12-10-13-15(7-4-8-17(13)33)27-21-19(20(25)34)31-32-22(30-21)28-16-6-3-2-5-14(16)24/h4,7-12,14,16,27,31H,2-3,5-6,24H2,1H3,(H2,25,34)(H2,28,30,32)/t14-,16+/m0/s1. The number of hydrazine groups is 1. The summed E-state index contributed by atoms with van der Waals surface area (Å²) < 4.78 is 7.08. The Hall–Kier alpha value is -4.32. The van der Waals surface area contributed by atoms with E-state index in [1.54, 1.807) is 19.4 Å². The van der Waals surface area contributed by atoms with Crippen molar-refractivity contribution in [3.8, 4) is 11.8 Å². The number of carbonyl (C=O) groups excluding carboxylic acids is 1. The molecule has 3 heterocycles. The number of guanidine groups is 1. The van der Waals surface area contributed by atoms with E-state index in [0.29, 0.717) is 23.6 Å². The van der Waals surface area contributed by atoms with Gasteiger partial charge in [-0.2, -0.15) is 9.98 Å². The zero-order valence-electron chi connectivity index (χ0n) is 19.3. The fraction of sp³-hybridized carbons (Fsp3) is 0.304. The molecule has 1 amide bonds. The molecule has 5 rings (SSSR count). The number of fused-ring (bicyclic) bond motifs is 1. The van der Waals surface area contributed by atoms with Crippen LogP contribution < -0.4 is 37.7 Å². The number of hydrogen-bond acceptors (Lipinski definition) is 10. The van der Waals surface area contributed by atoms with Crippen molar-refractivity contribution in [2.45, 2.75) is 37.8 Å². The van der Waals surface area contributed by atoms with Crippen molar-refractivity contribution in [1.82, 2.24) is 30.7 Å². The molecule has 2 aromatic heterocycles. The molecule has 3 aromatic rings. The Morgan fingerprint density at radius 1 is 1.20 bits per heavy atom. The third-order valence-electron chi connectivity index (χ3n) is 6.18. The summed E-state index contributed by atoms with van der Waals surface area (Å²) in [5.41, 5.74) is 19.4. The minimum absolute atomic E-state index is 0.0403. The highest BCUT2D eigenvalue weighted by atomic mass is 16.5. The highest BCUT2D eigenvalue weighted by Crippen LogP contribution is 2.28. The molecule has 182 valence electrons. The number of methoxy groups -OCH3 is 1. The van der Waals surface area contributed by atoms with Gasteiger partial charge in [-0.1, -0.05) is 18.9 Å². The lowest BCUT2D eigenvalue weighted by atomic mass is 9.91. The Bertz CT molecular complexity index is 1310. The van der Waals surface area contributed by atoms with Crippen molar-refractivity contribution in [3.63, 3.8) is 0 Å². The summed E-state index contributed by atoms with van der Waals surface area (Å²) in [5.74, 6) is 1.06. The van der Waals surface area contributed by atoms with Crippen LogP contribution in [0.5, 0.6) is 5.88 Å². The van der Waals surface area contributed by atoms with Gasteiger partial charge in [0.25, 0.3) is 5.91 Å². The molecular weight excluding hydrogens is 448 g/mol. The van der Waals surface area contributed by atoms with Crippen LogP contribution in [0.4, 0.5) is 5.69 Å². The Kier molecular flexibility index (Phi) is 6.10. The van der Waals surface area contributed by atoms with E-state index in [9.17, 15) is 4.79 Å². The number of primary amides is 1. The first-order chi connectivity index (χ1) is 17.0. The number of aromatic nitrogens is 3. The van der Waals surface area contributed by atoms with Gasteiger partial charge >= 0.3 is 0 Å². The molecule has 0 unspecified atom stereocenters. The van der Waals surface area contributed by atoms with Gasteiger partial charge in [0, 0.05) is 41.6 Å². The first-order valence-corrected chi connectivity index (χ1v) is 11.4. The van der Waals surface area contributed by atoms with Gasteiger partial charge in [0.2, 0.25) is 17.8 Å². The summed E-state index contributed by atoms with van der Waals surface area (Å²) in [6.07, 6.45) is 7.66. The molecule has 0 saturated heterocycles. The molecule has 0 radical (unpaired) electrons. The molecule has 2 atom stereocenters. The maximum Gasteiger partial charge on any atom is 0.270 e. The number of nitrogens with zero attached hydrogens (tertiary/aromatic N) is 4. The van der Waals surface area contributed by atoms with E-state index >= 15 is 0 Å². The van der Waals surface area contributed by atoms with Crippen LogP contribution in [0.15, 0.2) is 59.2 Å². The Balaban J connectivity index is 1.46. The van der Waals surface area contributed by atoms with Gasteiger partial charge in [-0.3, -0.25) is 20.2 Å². The van der Waals surface area contributed by atoms with Gasteiger partial charge < -0.3 is 26.8 Å². The van der Waals surface area contributed by atoms with Gasteiger partial charge in [0.15, 0.2) is 11.5 Å². The molecule has 0 spiro atoms. The van der Waals surface area contributed by atoms with E-state index in [1.807, 2.05) is 35.0 Å². The lowest BCUT2D eigenvalue weighted by Gasteiger charge is -2.32. The minimum atomic E-state index is -0.647. The maximum atomic E-state index is 12.1. The van der Waals surface area contributed by atoms with Crippen molar-refractivity contribution in [2.75, 3.05) is 12.4 Å². The first-order valence-electron chi connectivity index (χ1n) is 11.4. The number of aliphatic imine (C=N–C) groups is 1. The van der Waals surface area contributed by atoms with Crippen LogP contribution in [-0.4, -0.2) is 45.6 Å². The molecule has 1 aliphatic heterocycles. The number of nitrogens with two attached hydrogens (primary N) is 2. The molecule has 1 fully saturated rings. The first kappa shape index (κ1) is 22.5. The fourth-order valence-electron chi connectivity index (χ4n) is 4.37. The Morgan fingerprint density at radius 3 is 2.86 bits per heavy atom. The number of benzene rings is 1.